The van der Waals surface area contributed by atoms with Gasteiger partial charge in [-0.3, -0.25) is 4.79 Å². The quantitative estimate of drug-likeness (QED) is 0.901. The Kier molecular flexibility index (Phi) is 2.65. The van der Waals surface area contributed by atoms with Crippen LogP contribution in [0.2, 0.25) is 0 Å². The predicted molar refractivity (Wildman–Crippen MR) is 68.9 cm³/mol. The van der Waals surface area contributed by atoms with Crippen molar-refractivity contribution in [3.8, 4) is 10.4 Å². The van der Waals surface area contributed by atoms with Crippen LogP contribution >= 0.6 is 11.3 Å². The number of hydrogen-bond acceptors (Lipinski definition) is 3. The highest BCUT2D eigenvalue weighted by Gasteiger charge is 2.30. The van der Waals surface area contributed by atoms with Crippen LogP contribution < -0.4 is 5.32 Å². The van der Waals surface area contributed by atoms with Crippen LogP contribution in [0.3, 0.4) is 0 Å². The number of thiazole rings is 1. The van der Waals surface area contributed by atoms with E-state index in [1.807, 2.05) is 36.5 Å². The Hall–Kier alpha value is -1.68. The molecule has 1 N–H and O–H groups in total. The van der Waals surface area contributed by atoms with Crippen LogP contribution in [0.15, 0.2) is 36.5 Å². The normalized spacial score (nSPS) is 14.6. The molecule has 1 aromatic heterocycles. The predicted octanol–water partition coefficient (Wildman–Crippen LogP) is 3.16. The lowest BCUT2D eigenvalue weighted by molar-refractivity contribution is -0.117. The van der Waals surface area contributed by atoms with Crippen molar-refractivity contribution in [2.24, 2.45) is 5.92 Å². The fourth-order valence-corrected chi connectivity index (χ4v) is 2.45. The minimum Gasteiger partial charge on any atom is -0.302 e. The molecule has 1 aliphatic rings. The molecule has 0 unspecified atom stereocenters. The number of rotatable bonds is 3. The van der Waals surface area contributed by atoms with Crippen molar-refractivity contribution in [3.63, 3.8) is 0 Å². The SMILES string of the molecule is O=C(Nc1ncc(-c2ccccc2)s1)C1CC1. The number of aromatic nitrogens is 1. The van der Waals surface area contributed by atoms with Crippen molar-refractivity contribution >= 4 is 22.4 Å². The standard InChI is InChI=1S/C13H12N2OS/c16-12(10-6-7-10)15-13-14-8-11(17-13)9-4-2-1-3-5-9/h1-5,8,10H,6-7H2,(H,14,15,16). The molecule has 3 nitrogen and oxygen atoms in total. The van der Waals surface area contributed by atoms with Crippen LogP contribution in [0, 0.1) is 5.92 Å². The van der Waals surface area contributed by atoms with Gasteiger partial charge in [0.15, 0.2) is 5.13 Å². The summed E-state index contributed by atoms with van der Waals surface area (Å²) in [7, 11) is 0. The molecule has 1 aliphatic carbocycles. The Morgan fingerprint density at radius 3 is 2.76 bits per heavy atom. The van der Waals surface area contributed by atoms with Gasteiger partial charge in [-0.2, -0.15) is 0 Å². The van der Waals surface area contributed by atoms with Gasteiger partial charge in [-0.25, -0.2) is 4.98 Å². The fourth-order valence-electron chi connectivity index (χ4n) is 1.62. The second-order valence-electron chi connectivity index (χ2n) is 4.16. The summed E-state index contributed by atoms with van der Waals surface area (Å²) in [4.78, 5) is 16.9. The van der Waals surface area contributed by atoms with Gasteiger partial charge in [0.2, 0.25) is 5.91 Å². The fraction of sp³-hybridized carbons (Fsp3) is 0.231. The van der Waals surface area contributed by atoms with E-state index in [0.717, 1.165) is 23.3 Å². The van der Waals surface area contributed by atoms with E-state index in [4.69, 9.17) is 0 Å². The van der Waals surface area contributed by atoms with Gasteiger partial charge in [-0.15, -0.1) is 0 Å². The minimum atomic E-state index is 0.110. The summed E-state index contributed by atoms with van der Waals surface area (Å²) in [5.41, 5.74) is 1.14. The average Bonchev–Trinajstić information content (AvgIpc) is 3.12. The number of carbonyl (C=O) groups excluding carboxylic acids is 1. The molecule has 0 atom stereocenters. The number of hydrogen-bond donors (Lipinski definition) is 1. The van der Waals surface area contributed by atoms with Crippen LogP contribution in [0.1, 0.15) is 12.8 Å². The maximum Gasteiger partial charge on any atom is 0.229 e. The Morgan fingerprint density at radius 2 is 2.06 bits per heavy atom. The zero-order valence-electron chi connectivity index (χ0n) is 9.22. The Labute approximate surface area is 104 Å². The summed E-state index contributed by atoms with van der Waals surface area (Å²) in [5.74, 6) is 0.332. The van der Waals surface area contributed by atoms with Gasteiger partial charge in [-0.1, -0.05) is 41.7 Å². The molecular formula is C13H12N2OS. The third kappa shape index (κ3) is 2.36. The molecule has 1 saturated carbocycles. The van der Waals surface area contributed by atoms with Crippen molar-refractivity contribution in [2.75, 3.05) is 5.32 Å². The molecule has 2 aromatic rings. The first-order chi connectivity index (χ1) is 8.33. The smallest absolute Gasteiger partial charge is 0.229 e. The molecule has 1 heterocycles. The highest BCUT2D eigenvalue weighted by molar-refractivity contribution is 7.19. The molecule has 1 amide bonds. The first-order valence-electron chi connectivity index (χ1n) is 5.65. The van der Waals surface area contributed by atoms with Gasteiger partial charge in [0, 0.05) is 12.1 Å². The number of amides is 1. The molecule has 0 saturated heterocycles. The zero-order valence-corrected chi connectivity index (χ0v) is 10.0. The van der Waals surface area contributed by atoms with E-state index in [-0.39, 0.29) is 11.8 Å². The van der Waals surface area contributed by atoms with E-state index in [0.29, 0.717) is 5.13 Å². The molecule has 0 aliphatic heterocycles. The van der Waals surface area contributed by atoms with Gasteiger partial charge in [0.1, 0.15) is 0 Å². The number of nitrogens with zero attached hydrogens (tertiary/aromatic N) is 1. The van der Waals surface area contributed by atoms with Crippen molar-refractivity contribution in [1.82, 2.24) is 4.98 Å². The summed E-state index contributed by atoms with van der Waals surface area (Å²) < 4.78 is 0. The van der Waals surface area contributed by atoms with Gasteiger partial charge in [-0.05, 0) is 18.4 Å². The van der Waals surface area contributed by atoms with Gasteiger partial charge in [0.25, 0.3) is 0 Å². The maximum atomic E-state index is 11.6. The maximum absolute atomic E-state index is 11.6. The number of nitrogens with one attached hydrogen (secondary N) is 1. The Morgan fingerprint density at radius 1 is 1.29 bits per heavy atom. The molecule has 1 fully saturated rings. The van der Waals surface area contributed by atoms with E-state index in [1.54, 1.807) is 0 Å². The molecule has 4 heteroatoms. The zero-order chi connectivity index (χ0) is 11.7. The second-order valence-corrected chi connectivity index (χ2v) is 5.19. The molecule has 17 heavy (non-hydrogen) atoms. The third-order valence-corrected chi connectivity index (χ3v) is 3.70. The molecule has 0 spiro atoms. The van der Waals surface area contributed by atoms with Crippen molar-refractivity contribution < 1.29 is 4.79 Å². The van der Waals surface area contributed by atoms with Crippen molar-refractivity contribution in [3.05, 3.63) is 36.5 Å². The van der Waals surface area contributed by atoms with Crippen LogP contribution in [-0.4, -0.2) is 10.9 Å². The highest BCUT2D eigenvalue weighted by atomic mass is 32.1. The van der Waals surface area contributed by atoms with Crippen molar-refractivity contribution in [2.45, 2.75) is 12.8 Å². The molecule has 3 rings (SSSR count). The summed E-state index contributed by atoms with van der Waals surface area (Å²) >= 11 is 1.52. The van der Waals surface area contributed by atoms with Crippen LogP contribution in [0.4, 0.5) is 5.13 Å². The largest absolute Gasteiger partial charge is 0.302 e. The number of anilines is 1. The lowest BCUT2D eigenvalue weighted by Crippen LogP contribution is -2.12. The lowest BCUT2D eigenvalue weighted by Gasteiger charge is -1.97. The molecule has 1 aromatic carbocycles. The second kappa shape index (κ2) is 4.30. The summed E-state index contributed by atoms with van der Waals surface area (Å²) in [6, 6.07) is 10.1. The lowest BCUT2D eigenvalue weighted by atomic mass is 10.2. The van der Waals surface area contributed by atoms with Crippen LogP contribution in [-0.2, 0) is 4.79 Å². The molecule has 0 bridgehead atoms. The summed E-state index contributed by atoms with van der Waals surface area (Å²) in [6.07, 6.45) is 3.84. The van der Waals surface area contributed by atoms with E-state index in [2.05, 4.69) is 10.3 Å². The van der Waals surface area contributed by atoms with E-state index in [1.165, 1.54) is 11.3 Å². The van der Waals surface area contributed by atoms with E-state index < -0.39 is 0 Å². The van der Waals surface area contributed by atoms with Crippen LogP contribution in [0.25, 0.3) is 10.4 Å². The van der Waals surface area contributed by atoms with Gasteiger partial charge in [0.05, 0.1) is 4.88 Å². The topological polar surface area (TPSA) is 42.0 Å². The summed E-state index contributed by atoms with van der Waals surface area (Å²) in [6.45, 7) is 0. The number of carbonyl (C=O) groups is 1. The van der Waals surface area contributed by atoms with E-state index >= 15 is 0 Å². The van der Waals surface area contributed by atoms with Gasteiger partial charge < -0.3 is 5.32 Å². The molecular weight excluding hydrogens is 232 g/mol. The van der Waals surface area contributed by atoms with E-state index in [9.17, 15) is 4.79 Å². The van der Waals surface area contributed by atoms with Crippen molar-refractivity contribution in [1.29, 1.82) is 0 Å². The minimum absolute atomic E-state index is 0.110. The molecule has 0 radical (unpaired) electrons. The van der Waals surface area contributed by atoms with Crippen LogP contribution in [0.5, 0.6) is 0 Å². The van der Waals surface area contributed by atoms with Gasteiger partial charge >= 0.3 is 0 Å². The number of benzene rings is 1. The molecule has 86 valence electrons. The summed E-state index contributed by atoms with van der Waals surface area (Å²) in [5, 5.41) is 3.56. The first-order valence-corrected chi connectivity index (χ1v) is 6.47. The monoisotopic (exact) mass is 244 g/mol. The highest BCUT2D eigenvalue weighted by Crippen LogP contribution is 2.32. The average molecular weight is 244 g/mol. The first kappa shape index (κ1) is 10.5. The Balaban J connectivity index is 1.76. The third-order valence-electron chi connectivity index (χ3n) is 2.74. The Bertz CT molecular complexity index is 531.